The molecule has 0 amide bonds. The Balaban J connectivity index is 1.81. The summed E-state index contributed by atoms with van der Waals surface area (Å²) in [5.74, 6) is 0.842. The molecule has 0 spiro atoms. The lowest BCUT2D eigenvalue weighted by Crippen LogP contribution is -2.36. The standard InChI is InChI=1S/C25H36O4/c1-14(7-6-8-15(2)24(28)29)18-9-10-25(5)13-19-16(3)11-22(27)23(19)17(4)21(26)12-20(18)25/h8,11,14,18-21,26H,6-7,9-10,12-13H2,1-5H3,(H,28,29)/b15-8-,23-17?/t14-,18+,19+,20-,21-,25+/m0/s1. The number of rotatable bonds is 5. The zero-order valence-corrected chi connectivity index (χ0v) is 18.5. The highest BCUT2D eigenvalue weighted by molar-refractivity contribution is 6.08. The van der Waals surface area contributed by atoms with Crippen molar-refractivity contribution in [2.45, 2.75) is 79.2 Å². The maximum absolute atomic E-state index is 12.5. The van der Waals surface area contributed by atoms with E-state index in [1.807, 2.05) is 13.0 Å². The third kappa shape index (κ3) is 4.14. The number of allylic oxidation sites excluding steroid dienone is 4. The minimum atomic E-state index is -0.846. The number of aliphatic carboxylic acids is 1. The van der Waals surface area contributed by atoms with Crippen LogP contribution >= 0.6 is 0 Å². The number of carboxylic acid groups (broad SMARTS) is 1. The number of ketones is 1. The molecule has 0 bridgehead atoms. The summed E-state index contributed by atoms with van der Waals surface area (Å²) in [6, 6.07) is 0. The molecule has 3 aliphatic carbocycles. The molecule has 6 atom stereocenters. The van der Waals surface area contributed by atoms with Crippen LogP contribution in [0.4, 0.5) is 0 Å². The van der Waals surface area contributed by atoms with Crippen molar-refractivity contribution < 1.29 is 19.8 Å². The Morgan fingerprint density at radius 3 is 2.72 bits per heavy atom. The number of carbonyl (C=O) groups excluding carboxylic acids is 1. The molecule has 3 rings (SSSR count). The van der Waals surface area contributed by atoms with E-state index in [2.05, 4.69) is 20.8 Å². The number of aliphatic hydroxyl groups excluding tert-OH is 1. The van der Waals surface area contributed by atoms with E-state index in [0.29, 0.717) is 23.3 Å². The molecule has 3 aliphatic rings. The normalized spacial score (nSPS) is 36.3. The molecule has 0 aromatic heterocycles. The van der Waals surface area contributed by atoms with Crippen LogP contribution in [0.5, 0.6) is 0 Å². The molecule has 0 aromatic carbocycles. The number of hydrogen-bond donors (Lipinski definition) is 2. The highest BCUT2D eigenvalue weighted by Crippen LogP contribution is 2.58. The van der Waals surface area contributed by atoms with Crippen molar-refractivity contribution in [2.24, 2.45) is 29.1 Å². The van der Waals surface area contributed by atoms with Gasteiger partial charge in [-0.3, -0.25) is 4.79 Å². The van der Waals surface area contributed by atoms with Crippen LogP contribution in [-0.2, 0) is 9.59 Å². The second-order valence-electron chi connectivity index (χ2n) is 10.1. The van der Waals surface area contributed by atoms with Crippen molar-refractivity contribution in [1.29, 1.82) is 0 Å². The lowest BCUT2D eigenvalue weighted by atomic mass is 9.63. The smallest absolute Gasteiger partial charge is 0.330 e. The summed E-state index contributed by atoms with van der Waals surface area (Å²) in [5.41, 5.74) is 3.40. The van der Waals surface area contributed by atoms with Gasteiger partial charge in [0.25, 0.3) is 0 Å². The van der Waals surface area contributed by atoms with Crippen LogP contribution < -0.4 is 0 Å². The Bertz CT molecular complexity index is 787. The first-order valence-corrected chi connectivity index (χ1v) is 11.1. The molecule has 160 valence electrons. The fourth-order valence-corrected chi connectivity index (χ4v) is 6.24. The average molecular weight is 401 g/mol. The molecule has 0 saturated heterocycles. The number of aliphatic hydroxyl groups is 1. The van der Waals surface area contributed by atoms with E-state index < -0.39 is 12.1 Å². The fraction of sp³-hybridized carbons (Fsp3) is 0.680. The van der Waals surface area contributed by atoms with Gasteiger partial charge in [0.1, 0.15) is 0 Å². The Hall–Kier alpha value is -1.68. The van der Waals surface area contributed by atoms with Crippen LogP contribution in [0, 0.1) is 29.1 Å². The first kappa shape index (κ1) is 22.0. The van der Waals surface area contributed by atoms with Gasteiger partial charge < -0.3 is 10.2 Å². The van der Waals surface area contributed by atoms with Gasteiger partial charge in [0, 0.05) is 17.1 Å². The fourth-order valence-electron chi connectivity index (χ4n) is 6.24. The van der Waals surface area contributed by atoms with Gasteiger partial charge in [0.15, 0.2) is 5.78 Å². The summed E-state index contributed by atoms with van der Waals surface area (Å²) >= 11 is 0. The SMILES string of the molecule is CC1=CC(=O)C2=C(C)[C@@H](O)C[C@H]3[C@@H]([C@@H](C)CC/C=C(/C)C(=O)O)CC[C@]3(C)C[C@H]12. The van der Waals surface area contributed by atoms with E-state index in [1.165, 1.54) is 0 Å². The molecule has 0 unspecified atom stereocenters. The number of carbonyl (C=O) groups is 2. The molecular formula is C25H36O4. The number of carboxylic acids is 1. The third-order valence-corrected chi connectivity index (χ3v) is 8.20. The van der Waals surface area contributed by atoms with E-state index in [-0.39, 0.29) is 17.1 Å². The number of hydrogen-bond acceptors (Lipinski definition) is 3. The monoisotopic (exact) mass is 400 g/mol. The predicted molar refractivity (Wildman–Crippen MR) is 114 cm³/mol. The topological polar surface area (TPSA) is 74.6 Å². The molecule has 1 fully saturated rings. The third-order valence-electron chi connectivity index (χ3n) is 8.20. The summed E-state index contributed by atoms with van der Waals surface area (Å²) in [7, 11) is 0. The first-order chi connectivity index (χ1) is 13.5. The van der Waals surface area contributed by atoms with E-state index in [0.717, 1.165) is 55.2 Å². The number of fused-ring (bicyclic) bond motifs is 2. The second-order valence-corrected chi connectivity index (χ2v) is 10.1. The van der Waals surface area contributed by atoms with Crippen LogP contribution in [0.1, 0.15) is 73.1 Å². The molecule has 4 heteroatoms. The molecule has 0 aromatic rings. The van der Waals surface area contributed by atoms with Crippen molar-refractivity contribution >= 4 is 11.8 Å². The molecule has 0 aliphatic heterocycles. The predicted octanol–water partition coefficient (Wildman–Crippen LogP) is 5.08. The average Bonchev–Trinajstić information content (AvgIpc) is 3.09. The molecule has 29 heavy (non-hydrogen) atoms. The Morgan fingerprint density at radius 2 is 2.07 bits per heavy atom. The summed E-state index contributed by atoms with van der Waals surface area (Å²) in [6.45, 7) is 10.3. The quantitative estimate of drug-likeness (QED) is 0.631. The summed E-state index contributed by atoms with van der Waals surface area (Å²) in [4.78, 5) is 23.5. The molecule has 4 nitrogen and oxygen atoms in total. The zero-order chi connectivity index (χ0) is 21.5. The zero-order valence-electron chi connectivity index (χ0n) is 18.5. The Morgan fingerprint density at radius 1 is 1.38 bits per heavy atom. The van der Waals surface area contributed by atoms with E-state index in [1.54, 1.807) is 13.0 Å². The molecular weight excluding hydrogens is 364 g/mol. The van der Waals surface area contributed by atoms with Crippen molar-refractivity contribution in [1.82, 2.24) is 0 Å². The van der Waals surface area contributed by atoms with E-state index in [9.17, 15) is 14.7 Å². The molecule has 0 radical (unpaired) electrons. The van der Waals surface area contributed by atoms with Gasteiger partial charge in [-0.1, -0.05) is 25.5 Å². The van der Waals surface area contributed by atoms with Crippen LogP contribution in [-0.4, -0.2) is 28.1 Å². The molecule has 0 heterocycles. The van der Waals surface area contributed by atoms with Gasteiger partial charge in [-0.15, -0.1) is 0 Å². The first-order valence-electron chi connectivity index (χ1n) is 11.1. The summed E-state index contributed by atoms with van der Waals surface area (Å²) in [6.07, 6.45) is 8.80. The van der Waals surface area contributed by atoms with Gasteiger partial charge in [-0.25, -0.2) is 4.79 Å². The van der Waals surface area contributed by atoms with Gasteiger partial charge in [0.05, 0.1) is 6.10 Å². The van der Waals surface area contributed by atoms with Crippen LogP contribution in [0.3, 0.4) is 0 Å². The summed E-state index contributed by atoms with van der Waals surface area (Å²) < 4.78 is 0. The molecule has 1 saturated carbocycles. The van der Waals surface area contributed by atoms with Gasteiger partial charge in [-0.2, -0.15) is 0 Å². The maximum atomic E-state index is 12.5. The van der Waals surface area contributed by atoms with E-state index >= 15 is 0 Å². The highest BCUT2D eigenvalue weighted by atomic mass is 16.4. The Labute approximate surface area is 174 Å². The molecule has 2 N–H and O–H groups in total. The second kappa shape index (κ2) is 8.22. The van der Waals surface area contributed by atoms with Crippen LogP contribution in [0.2, 0.25) is 0 Å². The van der Waals surface area contributed by atoms with Gasteiger partial charge in [-0.05, 0) is 94.1 Å². The van der Waals surface area contributed by atoms with Crippen molar-refractivity contribution in [3.8, 4) is 0 Å². The minimum Gasteiger partial charge on any atom is -0.478 e. The minimum absolute atomic E-state index is 0.0922. The van der Waals surface area contributed by atoms with Crippen molar-refractivity contribution in [3.63, 3.8) is 0 Å². The largest absolute Gasteiger partial charge is 0.478 e. The van der Waals surface area contributed by atoms with Crippen LogP contribution in [0.15, 0.2) is 34.4 Å². The van der Waals surface area contributed by atoms with E-state index in [4.69, 9.17) is 5.11 Å². The maximum Gasteiger partial charge on any atom is 0.330 e. The van der Waals surface area contributed by atoms with Crippen molar-refractivity contribution in [3.05, 3.63) is 34.4 Å². The summed E-state index contributed by atoms with van der Waals surface area (Å²) in [5, 5.41) is 20.0. The van der Waals surface area contributed by atoms with Crippen molar-refractivity contribution in [2.75, 3.05) is 0 Å². The lowest BCUT2D eigenvalue weighted by Gasteiger charge is -2.42. The van der Waals surface area contributed by atoms with Gasteiger partial charge >= 0.3 is 5.97 Å². The Kier molecular flexibility index (Phi) is 6.24. The van der Waals surface area contributed by atoms with Gasteiger partial charge in [0.2, 0.25) is 0 Å². The highest BCUT2D eigenvalue weighted by Gasteiger charge is 2.51. The lowest BCUT2D eigenvalue weighted by molar-refractivity contribution is -0.132. The van der Waals surface area contributed by atoms with Crippen LogP contribution in [0.25, 0.3) is 0 Å².